The Morgan fingerprint density at radius 2 is 2.20 bits per heavy atom. The van der Waals surface area contributed by atoms with Crippen molar-refractivity contribution in [2.24, 2.45) is 0 Å². The van der Waals surface area contributed by atoms with Crippen molar-refractivity contribution in [3.05, 3.63) is 47.3 Å². The molecule has 6 heteroatoms. The number of nitrogens with zero attached hydrogens (tertiary/aromatic N) is 1. The summed E-state index contributed by atoms with van der Waals surface area (Å²) in [7, 11) is 0. The third-order valence-corrected chi connectivity index (χ3v) is 2.96. The van der Waals surface area contributed by atoms with Crippen LogP contribution in [0.4, 0.5) is 8.78 Å². The number of rotatable bonds is 6. The van der Waals surface area contributed by atoms with Crippen molar-refractivity contribution in [1.82, 2.24) is 15.5 Å². The number of hydrogen-bond donors (Lipinski definition) is 2. The maximum Gasteiger partial charge on any atom is 0.167 e. The Labute approximate surface area is 116 Å². The lowest BCUT2D eigenvalue weighted by Crippen LogP contribution is -2.31. The Kier molecular flexibility index (Phi) is 4.68. The lowest BCUT2D eigenvalue weighted by molar-refractivity contribution is 0.260. The quantitative estimate of drug-likeness (QED) is 0.855. The van der Waals surface area contributed by atoms with Crippen molar-refractivity contribution < 1.29 is 13.5 Å². The Hall–Kier alpha value is -1.95. The zero-order valence-electron chi connectivity index (χ0n) is 11.4. The van der Waals surface area contributed by atoms with Crippen LogP contribution in [0.2, 0.25) is 0 Å². The van der Waals surface area contributed by atoms with E-state index >= 15 is 0 Å². The Morgan fingerprint density at radius 3 is 2.85 bits per heavy atom. The van der Waals surface area contributed by atoms with Crippen molar-refractivity contribution in [2.45, 2.75) is 26.4 Å². The second-order valence-corrected chi connectivity index (χ2v) is 4.69. The van der Waals surface area contributed by atoms with Gasteiger partial charge in [0.1, 0.15) is 12.4 Å². The summed E-state index contributed by atoms with van der Waals surface area (Å²) in [5.74, 6) is -1.25. The molecule has 1 aromatic carbocycles. The smallest absolute Gasteiger partial charge is 0.167 e. The first-order chi connectivity index (χ1) is 9.56. The number of halogens is 2. The van der Waals surface area contributed by atoms with Crippen LogP contribution in [0.15, 0.2) is 24.4 Å². The van der Waals surface area contributed by atoms with E-state index in [1.807, 2.05) is 13.8 Å². The van der Waals surface area contributed by atoms with E-state index < -0.39 is 11.6 Å². The van der Waals surface area contributed by atoms with E-state index in [1.165, 1.54) is 12.1 Å². The fourth-order valence-corrected chi connectivity index (χ4v) is 1.70. The Balaban J connectivity index is 1.80. The van der Waals surface area contributed by atoms with E-state index in [9.17, 15) is 8.78 Å². The van der Waals surface area contributed by atoms with E-state index in [2.05, 4.69) is 15.5 Å². The minimum Gasteiger partial charge on any atom is -0.489 e. The molecule has 2 aromatic rings. The Bertz CT molecular complexity index is 571. The summed E-state index contributed by atoms with van der Waals surface area (Å²) < 4.78 is 31.4. The van der Waals surface area contributed by atoms with Crippen LogP contribution in [0.1, 0.15) is 18.2 Å². The summed E-state index contributed by atoms with van der Waals surface area (Å²) in [5, 5.41) is 10.0. The highest BCUT2D eigenvalue weighted by Gasteiger charge is 2.08. The summed E-state index contributed by atoms with van der Waals surface area (Å²) in [6, 6.07) is 3.29. The van der Waals surface area contributed by atoms with Crippen molar-refractivity contribution in [2.75, 3.05) is 6.61 Å². The molecule has 0 radical (unpaired) electrons. The number of aromatic nitrogens is 2. The van der Waals surface area contributed by atoms with Gasteiger partial charge in [-0.3, -0.25) is 5.10 Å². The van der Waals surface area contributed by atoms with Crippen LogP contribution >= 0.6 is 0 Å². The molecular weight excluding hydrogens is 264 g/mol. The van der Waals surface area contributed by atoms with Gasteiger partial charge >= 0.3 is 0 Å². The molecule has 4 nitrogen and oxygen atoms in total. The van der Waals surface area contributed by atoms with Gasteiger partial charge in [-0.15, -0.1) is 0 Å². The van der Waals surface area contributed by atoms with Gasteiger partial charge in [0.25, 0.3) is 0 Å². The van der Waals surface area contributed by atoms with Gasteiger partial charge < -0.3 is 10.1 Å². The molecule has 0 spiro atoms. The number of H-pyrrole nitrogens is 1. The highest BCUT2D eigenvalue weighted by Crippen LogP contribution is 2.17. The van der Waals surface area contributed by atoms with Gasteiger partial charge in [0, 0.05) is 29.9 Å². The Morgan fingerprint density at radius 1 is 1.40 bits per heavy atom. The fourth-order valence-electron chi connectivity index (χ4n) is 1.70. The molecule has 1 atom stereocenters. The monoisotopic (exact) mass is 281 g/mol. The summed E-state index contributed by atoms with van der Waals surface area (Å²) in [5.41, 5.74) is 2.08. The van der Waals surface area contributed by atoms with Gasteiger partial charge in [0.05, 0.1) is 6.20 Å². The number of aryl methyl sites for hydroxylation is 1. The van der Waals surface area contributed by atoms with Crippen LogP contribution in [0.25, 0.3) is 0 Å². The minimum absolute atomic E-state index is 0.0220. The van der Waals surface area contributed by atoms with Crippen LogP contribution in [0.3, 0.4) is 0 Å². The molecule has 108 valence electrons. The first kappa shape index (κ1) is 14.5. The number of aromatic amines is 1. The van der Waals surface area contributed by atoms with Crippen LogP contribution in [0, 0.1) is 18.6 Å². The molecular formula is C14H17F2N3O. The minimum atomic E-state index is -0.692. The van der Waals surface area contributed by atoms with Crippen molar-refractivity contribution in [3.8, 4) is 5.75 Å². The molecule has 1 aromatic heterocycles. The average Bonchev–Trinajstić information content (AvgIpc) is 2.81. The second-order valence-electron chi connectivity index (χ2n) is 4.69. The maximum absolute atomic E-state index is 13.4. The van der Waals surface area contributed by atoms with Gasteiger partial charge in [0.2, 0.25) is 0 Å². The topological polar surface area (TPSA) is 49.9 Å². The van der Waals surface area contributed by atoms with Crippen LogP contribution < -0.4 is 10.1 Å². The van der Waals surface area contributed by atoms with Gasteiger partial charge in [-0.1, -0.05) is 0 Å². The molecule has 0 bridgehead atoms. The van der Waals surface area contributed by atoms with E-state index in [0.29, 0.717) is 13.2 Å². The largest absolute Gasteiger partial charge is 0.489 e. The number of hydrogen-bond acceptors (Lipinski definition) is 3. The molecule has 0 amide bonds. The molecule has 0 saturated carbocycles. The summed E-state index contributed by atoms with van der Waals surface area (Å²) in [6.07, 6.45) is 1.76. The normalized spacial score (nSPS) is 12.4. The predicted octanol–water partition coefficient (Wildman–Crippen LogP) is 2.55. The van der Waals surface area contributed by atoms with Gasteiger partial charge in [-0.05, 0) is 26.0 Å². The molecule has 0 aliphatic carbocycles. The third kappa shape index (κ3) is 3.77. The maximum atomic E-state index is 13.4. The zero-order valence-corrected chi connectivity index (χ0v) is 11.4. The predicted molar refractivity (Wildman–Crippen MR) is 71.5 cm³/mol. The van der Waals surface area contributed by atoms with Crippen molar-refractivity contribution >= 4 is 0 Å². The van der Waals surface area contributed by atoms with E-state index in [-0.39, 0.29) is 11.8 Å². The highest BCUT2D eigenvalue weighted by molar-refractivity contribution is 5.24. The number of nitrogens with one attached hydrogen (secondary N) is 2. The molecule has 0 aliphatic heterocycles. The molecule has 1 heterocycles. The fraction of sp³-hybridized carbons (Fsp3) is 0.357. The van der Waals surface area contributed by atoms with E-state index in [0.717, 1.165) is 17.3 Å². The number of ether oxygens (including phenoxy) is 1. The highest BCUT2D eigenvalue weighted by atomic mass is 19.1. The van der Waals surface area contributed by atoms with E-state index in [1.54, 1.807) is 6.20 Å². The summed E-state index contributed by atoms with van der Waals surface area (Å²) >= 11 is 0. The average molecular weight is 281 g/mol. The van der Waals surface area contributed by atoms with Gasteiger partial charge in [-0.25, -0.2) is 8.78 Å². The lowest BCUT2D eigenvalue weighted by atomic mass is 10.2. The van der Waals surface area contributed by atoms with Crippen LogP contribution in [-0.4, -0.2) is 22.8 Å². The summed E-state index contributed by atoms with van der Waals surface area (Å²) in [4.78, 5) is 0. The summed E-state index contributed by atoms with van der Waals surface area (Å²) in [6.45, 7) is 4.81. The van der Waals surface area contributed by atoms with Crippen LogP contribution in [-0.2, 0) is 6.54 Å². The zero-order chi connectivity index (χ0) is 14.5. The molecule has 2 rings (SSSR count). The lowest BCUT2D eigenvalue weighted by Gasteiger charge is -2.15. The third-order valence-electron chi connectivity index (χ3n) is 2.96. The van der Waals surface area contributed by atoms with Gasteiger partial charge in [0.15, 0.2) is 11.6 Å². The van der Waals surface area contributed by atoms with Gasteiger partial charge in [-0.2, -0.15) is 5.10 Å². The van der Waals surface area contributed by atoms with E-state index in [4.69, 9.17) is 4.74 Å². The van der Waals surface area contributed by atoms with Crippen LogP contribution in [0.5, 0.6) is 5.75 Å². The van der Waals surface area contributed by atoms with Crippen molar-refractivity contribution in [3.63, 3.8) is 0 Å². The second kappa shape index (κ2) is 6.47. The SMILES string of the molecule is Cc1[nH]ncc1CNC(C)COc1ccc(F)cc1F. The van der Waals surface area contributed by atoms with Crippen molar-refractivity contribution in [1.29, 1.82) is 0 Å². The molecule has 0 saturated heterocycles. The molecule has 2 N–H and O–H groups in total. The first-order valence-electron chi connectivity index (χ1n) is 6.36. The molecule has 1 unspecified atom stereocenters. The first-order valence-corrected chi connectivity index (χ1v) is 6.36. The number of benzene rings is 1. The standard InChI is InChI=1S/C14H17F2N3O/c1-9(17-6-11-7-18-19-10(11)2)8-20-14-4-3-12(15)5-13(14)16/h3-5,7,9,17H,6,8H2,1-2H3,(H,18,19). The molecule has 0 aliphatic rings. The molecule has 0 fully saturated rings. The molecule has 20 heavy (non-hydrogen) atoms.